The van der Waals surface area contributed by atoms with Crippen LogP contribution in [0.2, 0.25) is 0 Å². The fourth-order valence-corrected chi connectivity index (χ4v) is 3.29. The van der Waals surface area contributed by atoms with Crippen LogP contribution in [0.4, 0.5) is 11.6 Å². The number of nitrogens with zero attached hydrogens (tertiary/aromatic N) is 4. The third-order valence-electron chi connectivity index (χ3n) is 4.52. The molecule has 1 N–H and O–H groups in total. The Hall–Kier alpha value is -1.40. The summed E-state index contributed by atoms with van der Waals surface area (Å²) in [5.41, 5.74) is 0. The molecule has 122 valence electrons. The van der Waals surface area contributed by atoms with E-state index in [1.807, 2.05) is 19.0 Å². The number of rotatable bonds is 5. The minimum absolute atomic E-state index is 0.463. The van der Waals surface area contributed by atoms with Gasteiger partial charge in [0, 0.05) is 58.8 Å². The number of piperidine rings is 1. The fraction of sp³-hybridized carbons (Fsp3) is 0.750. The Balaban J connectivity index is 1.49. The number of ether oxygens (including phenoxy) is 1. The van der Waals surface area contributed by atoms with E-state index in [0.717, 1.165) is 50.7 Å². The van der Waals surface area contributed by atoms with Gasteiger partial charge in [-0.2, -0.15) is 0 Å². The van der Waals surface area contributed by atoms with Gasteiger partial charge < -0.3 is 19.9 Å². The van der Waals surface area contributed by atoms with Gasteiger partial charge in [-0.25, -0.2) is 9.97 Å². The first-order chi connectivity index (χ1) is 10.7. The van der Waals surface area contributed by atoms with Gasteiger partial charge in [0.25, 0.3) is 0 Å². The van der Waals surface area contributed by atoms with Crippen LogP contribution in [0.25, 0.3) is 0 Å². The molecule has 1 unspecified atom stereocenters. The Morgan fingerprint density at radius 1 is 1.23 bits per heavy atom. The second-order valence-electron chi connectivity index (χ2n) is 6.48. The van der Waals surface area contributed by atoms with Crippen molar-refractivity contribution in [2.24, 2.45) is 0 Å². The normalized spacial score (nSPS) is 23.6. The Morgan fingerprint density at radius 2 is 2.00 bits per heavy atom. The summed E-state index contributed by atoms with van der Waals surface area (Å²) in [5.74, 6) is 1.80. The molecular formula is C16H27N5O. The molecular weight excluding hydrogens is 278 g/mol. The third-order valence-corrected chi connectivity index (χ3v) is 4.52. The molecule has 3 rings (SSSR count). The van der Waals surface area contributed by atoms with Crippen LogP contribution < -0.4 is 10.2 Å². The number of nitrogens with one attached hydrogen (secondary N) is 1. The molecule has 0 aromatic carbocycles. The van der Waals surface area contributed by atoms with E-state index in [1.54, 1.807) is 12.4 Å². The van der Waals surface area contributed by atoms with Crippen LogP contribution in [0.5, 0.6) is 0 Å². The van der Waals surface area contributed by atoms with Crippen molar-refractivity contribution < 1.29 is 4.74 Å². The lowest BCUT2D eigenvalue weighted by Gasteiger charge is -2.34. The zero-order valence-electron chi connectivity index (χ0n) is 13.7. The van der Waals surface area contributed by atoms with Crippen molar-refractivity contribution in [1.29, 1.82) is 0 Å². The Labute approximate surface area is 132 Å². The van der Waals surface area contributed by atoms with Crippen molar-refractivity contribution in [2.45, 2.75) is 37.8 Å². The quantitative estimate of drug-likeness (QED) is 0.892. The van der Waals surface area contributed by atoms with Crippen molar-refractivity contribution in [2.75, 3.05) is 50.6 Å². The van der Waals surface area contributed by atoms with Gasteiger partial charge in [0.05, 0.1) is 6.10 Å². The van der Waals surface area contributed by atoms with Crippen molar-refractivity contribution in [3.63, 3.8) is 0 Å². The van der Waals surface area contributed by atoms with Crippen LogP contribution in [0.15, 0.2) is 12.4 Å². The molecule has 1 aromatic heterocycles. The van der Waals surface area contributed by atoms with Crippen LogP contribution in [0, 0.1) is 0 Å². The van der Waals surface area contributed by atoms with E-state index in [4.69, 9.17) is 4.74 Å². The summed E-state index contributed by atoms with van der Waals surface area (Å²) >= 11 is 0. The maximum absolute atomic E-state index is 5.74. The van der Waals surface area contributed by atoms with Crippen LogP contribution in [0.3, 0.4) is 0 Å². The van der Waals surface area contributed by atoms with Gasteiger partial charge in [-0.1, -0.05) is 0 Å². The van der Waals surface area contributed by atoms with Gasteiger partial charge >= 0.3 is 0 Å². The lowest BCUT2D eigenvalue weighted by atomic mass is 10.0. The van der Waals surface area contributed by atoms with Crippen molar-refractivity contribution >= 4 is 11.6 Å². The molecule has 2 fully saturated rings. The van der Waals surface area contributed by atoms with Crippen LogP contribution in [-0.4, -0.2) is 67.4 Å². The molecule has 0 spiro atoms. The smallest absolute Gasteiger partial charge is 0.171 e. The zero-order chi connectivity index (χ0) is 15.4. The standard InChI is InChI=1S/C16H27N5O/c1-20(2)16-15(17-7-8-18-16)19-13-5-9-21(10-6-13)12-14-4-3-11-22-14/h7-8,13-14H,3-6,9-12H2,1-2H3,(H,17,19). The molecule has 6 heteroatoms. The number of hydrogen-bond donors (Lipinski definition) is 1. The second kappa shape index (κ2) is 7.24. The molecule has 0 radical (unpaired) electrons. The van der Waals surface area contributed by atoms with E-state index in [1.165, 1.54) is 12.8 Å². The molecule has 2 aliphatic rings. The van der Waals surface area contributed by atoms with Crippen molar-refractivity contribution in [3.8, 4) is 0 Å². The highest BCUT2D eigenvalue weighted by Gasteiger charge is 2.24. The lowest BCUT2D eigenvalue weighted by Crippen LogP contribution is -2.42. The van der Waals surface area contributed by atoms with Gasteiger partial charge in [0.15, 0.2) is 11.6 Å². The van der Waals surface area contributed by atoms with Gasteiger partial charge in [-0.3, -0.25) is 0 Å². The number of hydrogen-bond acceptors (Lipinski definition) is 6. The summed E-state index contributed by atoms with van der Waals surface area (Å²) in [7, 11) is 4.00. The second-order valence-corrected chi connectivity index (χ2v) is 6.48. The molecule has 1 aromatic rings. The predicted octanol–water partition coefficient (Wildman–Crippen LogP) is 1.60. The largest absolute Gasteiger partial charge is 0.377 e. The summed E-state index contributed by atoms with van der Waals surface area (Å²) in [6, 6.07) is 0.483. The molecule has 1 atom stereocenters. The lowest BCUT2D eigenvalue weighted by molar-refractivity contribution is 0.0654. The van der Waals surface area contributed by atoms with Crippen LogP contribution >= 0.6 is 0 Å². The topological polar surface area (TPSA) is 53.5 Å². The predicted molar refractivity (Wildman–Crippen MR) is 88.4 cm³/mol. The molecule has 2 saturated heterocycles. The maximum atomic E-state index is 5.74. The minimum atomic E-state index is 0.463. The molecule has 0 aliphatic carbocycles. The van der Waals surface area contributed by atoms with E-state index >= 15 is 0 Å². The van der Waals surface area contributed by atoms with E-state index < -0.39 is 0 Å². The molecule has 0 amide bonds. The van der Waals surface area contributed by atoms with Crippen molar-refractivity contribution in [3.05, 3.63) is 12.4 Å². The Kier molecular flexibility index (Phi) is 5.10. The highest BCUT2D eigenvalue weighted by Crippen LogP contribution is 2.22. The monoisotopic (exact) mass is 305 g/mol. The average molecular weight is 305 g/mol. The number of likely N-dealkylation sites (tertiary alicyclic amines) is 1. The summed E-state index contributed by atoms with van der Waals surface area (Å²) in [6.45, 7) is 4.31. The zero-order valence-corrected chi connectivity index (χ0v) is 13.7. The molecule has 6 nitrogen and oxygen atoms in total. The van der Waals surface area contributed by atoms with E-state index in [0.29, 0.717) is 12.1 Å². The third kappa shape index (κ3) is 3.87. The Morgan fingerprint density at radius 3 is 2.68 bits per heavy atom. The minimum Gasteiger partial charge on any atom is -0.377 e. The Bertz CT molecular complexity index is 467. The first kappa shape index (κ1) is 15.5. The molecule has 0 bridgehead atoms. The fourth-order valence-electron chi connectivity index (χ4n) is 3.29. The summed E-state index contributed by atoms with van der Waals surface area (Å²) < 4.78 is 5.74. The number of anilines is 2. The molecule has 2 aliphatic heterocycles. The molecule has 3 heterocycles. The van der Waals surface area contributed by atoms with Crippen LogP contribution in [0.1, 0.15) is 25.7 Å². The first-order valence-corrected chi connectivity index (χ1v) is 8.31. The highest BCUT2D eigenvalue weighted by atomic mass is 16.5. The average Bonchev–Trinajstić information content (AvgIpc) is 3.02. The SMILES string of the molecule is CN(C)c1nccnc1NC1CCN(CC2CCCO2)CC1. The van der Waals surface area contributed by atoms with Gasteiger partial charge in [0.2, 0.25) is 0 Å². The summed E-state index contributed by atoms with van der Waals surface area (Å²) in [6.07, 6.45) is 8.70. The van der Waals surface area contributed by atoms with Gasteiger partial charge in [-0.15, -0.1) is 0 Å². The van der Waals surface area contributed by atoms with Gasteiger partial charge in [-0.05, 0) is 25.7 Å². The number of aromatic nitrogens is 2. The highest BCUT2D eigenvalue weighted by molar-refractivity contribution is 5.60. The van der Waals surface area contributed by atoms with E-state index in [-0.39, 0.29) is 0 Å². The van der Waals surface area contributed by atoms with Crippen LogP contribution in [-0.2, 0) is 4.74 Å². The first-order valence-electron chi connectivity index (χ1n) is 8.31. The van der Waals surface area contributed by atoms with Gasteiger partial charge in [0.1, 0.15) is 0 Å². The molecule has 0 saturated carbocycles. The van der Waals surface area contributed by atoms with Crippen molar-refractivity contribution in [1.82, 2.24) is 14.9 Å². The molecule has 22 heavy (non-hydrogen) atoms. The van der Waals surface area contributed by atoms with E-state index in [2.05, 4.69) is 20.2 Å². The summed E-state index contributed by atoms with van der Waals surface area (Å²) in [5, 5.41) is 3.57. The summed E-state index contributed by atoms with van der Waals surface area (Å²) in [4.78, 5) is 13.4. The maximum Gasteiger partial charge on any atom is 0.171 e. The van der Waals surface area contributed by atoms with E-state index in [9.17, 15) is 0 Å².